The average Bonchev–Trinajstić information content (AvgIpc) is 2.84. The van der Waals surface area contributed by atoms with Gasteiger partial charge in [0.1, 0.15) is 0 Å². The first-order valence-electron chi connectivity index (χ1n) is 10.3. The van der Waals surface area contributed by atoms with E-state index in [1.807, 2.05) is 0 Å². The van der Waals surface area contributed by atoms with Crippen LogP contribution in [-0.4, -0.2) is 29.9 Å². The summed E-state index contributed by atoms with van der Waals surface area (Å²) < 4.78 is 179. The Labute approximate surface area is 207 Å². The molecule has 14 heteroatoms. The van der Waals surface area contributed by atoms with Crippen LogP contribution in [0.1, 0.15) is 5.56 Å². The zero-order valence-corrected chi connectivity index (χ0v) is 19.3. The van der Waals surface area contributed by atoms with Gasteiger partial charge in [-0.1, -0.05) is 84.9 Å². The number of benzene rings is 3. The minimum absolute atomic E-state index is 0.195. The van der Waals surface area contributed by atoms with Crippen LogP contribution >= 0.6 is 7.92 Å². The van der Waals surface area contributed by atoms with Gasteiger partial charge in [0.25, 0.3) is 0 Å². The molecule has 0 radical (unpaired) electrons. The summed E-state index contributed by atoms with van der Waals surface area (Å²) >= 11 is 0. The molecule has 0 heterocycles. The van der Waals surface area contributed by atoms with Gasteiger partial charge < -0.3 is 0 Å². The third-order valence-electron chi connectivity index (χ3n) is 5.45. The highest BCUT2D eigenvalue weighted by Crippen LogP contribution is 2.62. The lowest BCUT2D eigenvalue weighted by Crippen LogP contribution is -2.69. The maximum Gasteiger partial charge on any atom is 0.460 e. The molecular formula is C24H14F13P. The lowest BCUT2D eigenvalue weighted by molar-refractivity contribution is -0.441. The molecule has 206 valence electrons. The number of halogens is 13. The minimum Gasteiger partial charge on any atom is -0.194 e. The van der Waals surface area contributed by atoms with Crippen LogP contribution in [0.15, 0.2) is 84.9 Å². The Bertz CT molecular complexity index is 1200. The van der Waals surface area contributed by atoms with E-state index in [4.69, 9.17) is 0 Å². The van der Waals surface area contributed by atoms with Crippen LogP contribution in [-0.2, 0) is 5.92 Å². The van der Waals surface area contributed by atoms with E-state index >= 15 is 8.78 Å². The van der Waals surface area contributed by atoms with Gasteiger partial charge in [-0.05, 0) is 23.8 Å². The highest BCUT2D eigenvalue weighted by molar-refractivity contribution is 7.79. The van der Waals surface area contributed by atoms with E-state index in [0.717, 1.165) is 12.1 Å². The summed E-state index contributed by atoms with van der Waals surface area (Å²) in [4.78, 5) is 0. The molecule has 0 unspecified atom stereocenters. The molecule has 0 aliphatic heterocycles. The van der Waals surface area contributed by atoms with Crippen LogP contribution in [0.4, 0.5) is 57.1 Å². The molecule has 0 nitrogen and oxygen atoms in total. The van der Waals surface area contributed by atoms with Gasteiger partial charge in [-0.3, -0.25) is 0 Å². The Morgan fingerprint density at radius 3 is 1.18 bits per heavy atom. The van der Waals surface area contributed by atoms with E-state index in [1.165, 1.54) is 60.7 Å². The highest BCUT2D eigenvalue weighted by atomic mass is 31.1. The van der Waals surface area contributed by atoms with Gasteiger partial charge in [-0.25, -0.2) is 0 Å². The first-order chi connectivity index (χ1) is 17.3. The second kappa shape index (κ2) is 9.73. The lowest BCUT2D eigenvalue weighted by atomic mass is 9.90. The summed E-state index contributed by atoms with van der Waals surface area (Å²) in [5.74, 6) is -37.4. The molecule has 3 rings (SSSR count). The molecule has 0 atom stereocenters. The van der Waals surface area contributed by atoms with Crippen molar-refractivity contribution in [3.63, 3.8) is 0 Å². The standard InChI is InChI=1S/C24H14F13P/c25-19(26,20(27,28)21(29,30)22(31,32)23(33,34)24(35,36)37)17-13-7-8-14-18(17)38(15-9-3-1-4-10-15)16-11-5-2-6-12-16/h1-14H. The summed E-state index contributed by atoms with van der Waals surface area (Å²) in [6.07, 6.45) is -7.46. The third kappa shape index (κ3) is 4.52. The minimum atomic E-state index is -7.95. The summed E-state index contributed by atoms with van der Waals surface area (Å²) in [5, 5.41) is -0.298. The van der Waals surface area contributed by atoms with E-state index in [0.29, 0.717) is 6.07 Å². The SMILES string of the molecule is FC(F)(F)C(F)(F)C(F)(F)C(F)(F)C(F)(F)C(F)(F)c1ccccc1P(c1ccccc1)c1ccccc1. The maximum absolute atomic E-state index is 15.2. The molecular weight excluding hydrogens is 566 g/mol. The van der Waals surface area contributed by atoms with Crippen molar-refractivity contribution in [2.24, 2.45) is 0 Å². The van der Waals surface area contributed by atoms with Crippen molar-refractivity contribution in [1.29, 1.82) is 0 Å². The molecule has 3 aromatic rings. The van der Waals surface area contributed by atoms with Crippen molar-refractivity contribution in [1.82, 2.24) is 0 Å². The molecule has 0 fully saturated rings. The molecule has 0 aliphatic rings. The van der Waals surface area contributed by atoms with Gasteiger partial charge in [-0.2, -0.15) is 57.1 Å². The maximum atomic E-state index is 15.2. The van der Waals surface area contributed by atoms with E-state index in [9.17, 15) is 48.3 Å². The quantitative estimate of drug-likeness (QED) is 0.190. The van der Waals surface area contributed by atoms with Crippen LogP contribution < -0.4 is 15.9 Å². The largest absolute Gasteiger partial charge is 0.460 e. The Hall–Kier alpha value is -2.82. The normalized spacial score (nSPS) is 14.2. The first kappa shape index (κ1) is 29.7. The van der Waals surface area contributed by atoms with Gasteiger partial charge in [0, 0.05) is 5.56 Å². The van der Waals surface area contributed by atoms with Gasteiger partial charge >= 0.3 is 35.8 Å². The van der Waals surface area contributed by atoms with Crippen molar-refractivity contribution in [2.45, 2.75) is 35.8 Å². The van der Waals surface area contributed by atoms with Crippen molar-refractivity contribution in [2.75, 3.05) is 0 Å². The first-order valence-corrected chi connectivity index (χ1v) is 11.6. The Kier molecular flexibility index (Phi) is 7.61. The number of hydrogen-bond donors (Lipinski definition) is 0. The summed E-state index contributed by atoms with van der Waals surface area (Å²) in [6.45, 7) is 0. The van der Waals surface area contributed by atoms with Crippen molar-refractivity contribution < 1.29 is 57.1 Å². The molecule has 0 aromatic heterocycles. The third-order valence-corrected chi connectivity index (χ3v) is 7.95. The molecule has 0 saturated heterocycles. The predicted octanol–water partition coefficient (Wildman–Crippen LogP) is 7.64. The fourth-order valence-corrected chi connectivity index (χ4v) is 5.94. The summed E-state index contributed by atoms with van der Waals surface area (Å²) in [7, 11) is -2.26. The zero-order valence-electron chi connectivity index (χ0n) is 18.4. The van der Waals surface area contributed by atoms with Crippen molar-refractivity contribution in [3.05, 3.63) is 90.5 Å². The van der Waals surface area contributed by atoms with E-state index in [-0.39, 0.29) is 16.7 Å². The Balaban J connectivity index is 2.25. The number of alkyl halides is 13. The monoisotopic (exact) mass is 580 g/mol. The topological polar surface area (TPSA) is 0 Å². The Morgan fingerprint density at radius 1 is 0.395 bits per heavy atom. The lowest BCUT2D eigenvalue weighted by Gasteiger charge is -2.40. The molecule has 0 aliphatic carbocycles. The van der Waals surface area contributed by atoms with Crippen LogP contribution in [0, 0.1) is 0 Å². The predicted molar refractivity (Wildman–Crippen MR) is 115 cm³/mol. The van der Waals surface area contributed by atoms with Gasteiger partial charge in [0.05, 0.1) is 0 Å². The number of hydrogen-bond acceptors (Lipinski definition) is 0. The van der Waals surface area contributed by atoms with E-state index in [1.54, 1.807) is 0 Å². The van der Waals surface area contributed by atoms with Gasteiger partial charge in [0.2, 0.25) is 0 Å². The van der Waals surface area contributed by atoms with Crippen LogP contribution in [0.3, 0.4) is 0 Å². The molecule has 0 N–H and O–H groups in total. The molecule has 0 bridgehead atoms. The molecule has 3 aromatic carbocycles. The smallest absolute Gasteiger partial charge is 0.194 e. The molecule has 0 amide bonds. The zero-order chi connectivity index (χ0) is 28.8. The second-order valence-electron chi connectivity index (χ2n) is 7.89. The van der Waals surface area contributed by atoms with Crippen molar-refractivity contribution >= 4 is 23.8 Å². The summed E-state index contributed by atoms with van der Waals surface area (Å²) in [5.41, 5.74) is -1.95. The van der Waals surface area contributed by atoms with Gasteiger partial charge in [0.15, 0.2) is 0 Å². The molecule has 38 heavy (non-hydrogen) atoms. The van der Waals surface area contributed by atoms with Crippen LogP contribution in [0.25, 0.3) is 0 Å². The van der Waals surface area contributed by atoms with Crippen molar-refractivity contribution in [3.8, 4) is 0 Å². The van der Waals surface area contributed by atoms with E-state index < -0.39 is 54.6 Å². The van der Waals surface area contributed by atoms with Crippen LogP contribution in [0.2, 0.25) is 0 Å². The fraction of sp³-hybridized carbons (Fsp3) is 0.250. The summed E-state index contributed by atoms with van der Waals surface area (Å²) in [6, 6.07) is 17.1. The highest BCUT2D eigenvalue weighted by Gasteiger charge is 2.91. The molecule has 0 saturated carbocycles. The van der Waals surface area contributed by atoms with Gasteiger partial charge in [-0.15, -0.1) is 0 Å². The average molecular weight is 580 g/mol. The second-order valence-corrected chi connectivity index (χ2v) is 10.1. The van der Waals surface area contributed by atoms with E-state index in [2.05, 4.69) is 0 Å². The fourth-order valence-electron chi connectivity index (χ4n) is 3.45. The number of rotatable bonds is 8. The molecule has 0 spiro atoms. The van der Waals surface area contributed by atoms with Crippen LogP contribution in [0.5, 0.6) is 0 Å². The Morgan fingerprint density at radius 2 is 0.763 bits per heavy atom.